The maximum Gasteiger partial charge on any atom is 0.120 e. The molecule has 1 aromatic rings. The quantitative estimate of drug-likeness (QED) is 0.768. The summed E-state index contributed by atoms with van der Waals surface area (Å²) in [5.41, 5.74) is -0.140. The standard InChI is InChI=1S/C12H17ClO2/c1-12(2,14-3)7-8-15-11-6-4-5-10(13)9-11/h4-6,9H,7-8H2,1-3H3. The van der Waals surface area contributed by atoms with Crippen molar-refractivity contribution in [3.8, 4) is 5.75 Å². The number of benzene rings is 1. The van der Waals surface area contributed by atoms with Gasteiger partial charge in [0.25, 0.3) is 0 Å². The third-order valence-electron chi connectivity index (χ3n) is 2.32. The van der Waals surface area contributed by atoms with Gasteiger partial charge in [0.15, 0.2) is 0 Å². The van der Waals surface area contributed by atoms with E-state index in [1.165, 1.54) is 0 Å². The molecule has 84 valence electrons. The summed E-state index contributed by atoms with van der Waals surface area (Å²) in [6.45, 7) is 4.70. The molecule has 0 fully saturated rings. The Morgan fingerprint density at radius 2 is 2.07 bits per heavy atom. The average Bonchev–Trinajstić information content (AvgIpc) is 2.18. The van der Waals surface area contributed by atoms with Gasteiger partial charge in [0.05, 0.1) is 12.2 Å². The minimum Gasteiger partial charge on any atom is -0.493 e. The van der Waals surface area contributed by atoms with Crippen LogP contribution in [0.3, 0.4) is 0 Å². The number of methoxy groups -OCH3 is 1. The van der Waals surface area contributed by atoms with E-state index in [2.05, 4.69) is 0 Å². The smallest absolute Gasteiger partial charge is 0.120 e. The number of hydrogen-bond donors (Lipinski definition) is 0. The van der Waals surface area contributed by atoms with Crippen LogP contribution < -0.4 is 4.74 Å². The molecule has 0 radical (unpaired) electrons. The van der Waals surface area contributed by atoms with Gasteiger partial charge in [0.2, 0.25) is 0 Å². The molecule has 0 atom stereocenters. The maximum atomic E-state index is 5.84. The van der Waals surface area contributed by atoms with Crippen LogP contribution in [-0.2, 0) is 4.74 Å². The molecule has 0 unspecified atom stereocenters. The van der Waals surface area contributed by atoms with Crippen LogP contribution in [0.2, 0.25) is 5.02 Å². The molecule has 0 aromatic heterocycles. The summed E-state index contributed by atoms with van der Waals surface area (Å²) >= 11 is 5.84. The maximum absolute atomic E-state index is 5.84. The monoisotopic (exact) mass is 228 g/mol. The van der Waals surface area contributed by atoms with Crippen LogP contribution in [0.4, 0.5) is 0 Å². The lowest BCUT2D eigenvalue weighted by molar-refractivity contribution is 0.00546. The molecular weight excluding hydrogens is 212 g/mol. The molecular formula is C12H17ClO2. The molecule has 0 amide bonds. The summed E-state index contributed by atoms with van der Waals surface area (Å²) in [6, 6.07) is 7.40. The summed E-state index contributed by atoms with van der Waals surface area (Å²) in [5.74, 6) is 0.800. The second-order valence-electron chi connectivity index (χ2n) is 4.02. The van der Waals surface area contributed by atoms with E-state index in [0.29, 0.717) is 11.6 Å². The van der Waals surface area contributed by atoms with E-state index in [1.807, 2.05) is 32.0 Å². The molecule has 1 rings (SSSR count). The molecule has 0 saturated carbocycles. The Balaban J connectivity index is 2.38. The van der Waals surface area contributed by atoms with Gasteiger partial charge in [0, 0.05) is 18.6 Å². The van der Waals surface area contributed by atoms with Crippen molar-refractivity contribution in [2.75, 3.05) is 13.7 Å². The highest BCUT2D eigenvalue weighted by molar-refractivity contribution is 6.30. The molecule has 0 N–H and O–H groups in total. The topological polar surface area (TPSA) is 18.5 Å². The molecule has 0 aliphatic rings. The van der Waals surface area contributed by atoms with Crippen molar-refractivity contribution in [1.29, 1.82) is 0 Å². The SMILES string of the molecule is COC(C)(C)CCOc1cccc(Cl)c1. The predicted molar refractivity (Wildman–Crippen MR) is 62.7 cm³/mol. The van der Waals surface area contributed by atoms with Crippen molar-refractivity contribution < 1.29 is 9.47 Å². The molecule has 0 aliphatic carbocycles. The van der Waals surface area contributed by atoms with Crippen molar-refractivity contribution in [3.05, 3.63) is 29.3 Å². The van der Waals surface area contributed by atoms with E-state index < -0.39 is 0 Å². The fourth-order valence-corrected chi connectivity index (χ4v) is 1.25. The van der Waals surface area contributed by atoms with Gasteiger partial charge in [-0.25, -0.2) is 0 Å². The van der Waals surface area contributed by atoms with Crippen molar-refractivity contribution in [1.82, 2.24) is 0 Å². The van der Waals surface area contributed by atoms with Crippen LogP contribution >= 0.6 is 11.6 Å². The van der Waals surface area contributed by atoms with E-state index in [-0.39, 0.29) is 5.60 Å². The largest absolute Gasteiger partial charge is 0.493 e. The average molecular weight is 229 g/mol. The van der Waals surface area contributed by atoms with Crippen molar-refractivity contribution in [2.45, 2.75) is 25.9 Å². The Morgan fingerprint density at radius 3 is 2.67 bits per heavy atom. The first-order valence-corrected chi connectivity index (χ1v) is 5.35. The molecule has 0 saturated heterocycles. The third kappa shape index (κ3) is 4.54. The van der Waals surface area contributed by atoms with Gasteiger partial charge in [-0.15, -0.1) is 0 Å². The molecule has 2 nitrogen and oxygen atoms in total. The van der Waals surface area contributed by atoms with Crippen LogP contribution in [0, 0.1) is 0 Å². The Labute approximate surface area is 96.2 Å². The first-order valence-electron chi connectivity index (χ1n) is 4.97. The molecule has 0 heterocycles. The number of halogens is 1. The van der Waals surface area contributed by atoms with Gasteiger partial charge < -0.3 is 9.47 Å². The summed E-state index contributed by atoms with van der Waals surface area (Å²) in [6.07, 6.45) is 0.843. The number of hydrogen-bond acceptors (Lipinski definition) is 2. The molecule has 1 aromatic carbocycles. The highest BCUT2D eigenvalue weighted by atomic mass is 35.5. The van der Waals surface area contributed by atoms with Crippen molar-refractivity contribution in [2.24, 2.45) is 0 Å². The summed E-state index contributed by atoms with van der Waals surface area (Å²) in [4.78, 5) is 0. The summed E-state index contributed by atoms with van der Waals surface area (Å²) in [7, 11) is 1.71. The van der Waals surface area contributed by atoms with Gasteiger partial charge in [-0.05, 0) is 32.0 Å². The van der Waals surface area contributed by atoms with Crippen molar-refractivity contribution >= 4 is 11.6 Å². The first-order chi connectivity index (χ1) is 7.03. The van der Waals surface area contributed by atoms with E-state index in [9.17, 15) is 0 Å². The first kappa shape index (κ1) is 12.3. The Morgan fingerprint density at radius 1 is 1.33 bits per heavy atom. The molecule has 0 spiro atoms. The van der Waals surface area contributed by atoms with E-state index in [0.717, 1.165) is 12.2 Å². The van der Waals surface area contributed by atoms with Gasteiger partial charge in [0.1, 0.15) is 5.75 Å². The lowest BCUT2D eigenvalue weighted by Crippen LogP contribution is -2.25. The van der Waals surface area contributed by atoms with E-state index in [1.54, 1.807) is 13.2 Å². The van der Waals surface area contributed by atoms with Crippen LogP contribution in [0.25, 0.3) is 0 Å². The summed E-state index contributed by atoms with van der Waals surface area (Å²) < 4.78 is 10.9. The predicted octanol–water partition coefficient (Wildman–Crippen LogP) is 3.53. The Hall–Kier alpha value is -0.730. The highest BCUT2D eigenvalue weighted by Crippen LogP contribution is 2.19. The fraction of sp³-hybridized carbons (Fsp3) is 0.500. The minimum absolute atomic E-state index is 0.140. The zero-order valence-corrected chi connectivity index (χ0v) is 10.2. The second-order valence-corrected chi connectivity index (χ2v) is 4.46. The number of rotatable bonds is 5. The van der Waals surface area contributed by atoms with Crippen LogP contribution in [0.5, 0.6) is 5.75 Å². The minimum atomic E-state index is -0.140. The Kier molecular flexibility index (Phi) is 4.43. The van der Waals surface area contributed by atoms with Gasteiger partial charge in [-0.1, -0.05) is 17.7 Å². The van der Waals surface area contributed by atoms with Crippen LogP contribution in [-0.4, -0.2) is 19.3 Å². The number of ether oxygens (including phenoxy) is 2. The highest BCUT2D eigenvalue weighted by Gasteiger charge is 2.15. The lowest BCUT2D eigenvalue weighted by atomic mass is 10.1. The molecule has 0 aliphatic heterocycles. The zero-order valence-electron chi connectivity index (χ0n) is 9.42. The Bertz CT molecular complexity index is 310. The molecule has 0 bridgehead atoms. The molecule has 15 heavy (non-hydrogen) atoms. The van der Waals surface area contributed by atoms with Gasteiger partial charge >= 0.3 is 0 Å². The normalized spacial score (nSPS) is 11.5. The second kappa shape index (κ2) is 5.38. The summed E-state index contributed by atoms with van der Waals surface area (Å²) in [5, 5.41) is 0.693. The fourth-order valence-electron chi connectivity index (χ4n) is 1.07. The zero-order chi connectivity index (χ0) is 11.3. The van der Waals surface area contributed by atoms with Crippen LogP contribution in [0.15, 0.2) is 24.3 Å². The lowest BCUT2D eigenvalue weighted by Gasteiger charge is -2.22. The van der Waals surface area contributed by atoms with E-state index >= 15 is 0 Å². The van der Waals surface area contributed by atoms with E-state index in [4.69, 9.17) is 21.1 Å². The molecule has 3 heteroatoms. The van der Waals surface area contributed by atoms with Crippen LogP contribution in [0.1, 0.15) is 20.3 Å². The van der Waals surface area contributed by atoms with Crippen molar-refractivity contribution in [3.63, 3.8) is 0 Å². The van der Waals surface area contributed by atoms with Gasteiger partial charge in [-0.3, -0.25) is 0 Å². The van der Waals surface area contributed by atoms with Gasteiger partial charge in [-0.2, -0.15) is 0 Å². The third-order valence-corrected chi connectivity index (χ3v) is 2.56.